The summed E-state index contributed by atoms with van der Waals surface area (Å²) in [6.07, 6.45) is 1.24. The number of hydrogen-bond acceptors (Lipinski definition) is 6. The van der Waals surface area contributed by atoms with Crippen molar-refractivity contribution in [2.45, 2.75) is 38.8 Å². The first-order valence-electron chi connectivity index (χ1n) is 8.31. The van der Waals surface area contributed by atoms with Gasteiger partial charge in [0.2, 0.25) is 0 Å². The number of carbonyl (C=O) groups is 2. The molecule has 140 valence electrons. The number of rotatable bonds is 6. The molecular weight excluding hydrogens is 336 g/mol. The highest BCUT2D eigenvalue weighted by Gasteiger charge is 2.24. The van der Waals surface area contributed by atoms with E-state index in [0.29, 0.717) is 12.2 Å². The van der Waals surface area contributed by atoms with Crippen LogP contribution in [0.4, 0.5) is 4.79 Å². The number of esters is 1. The van der Waals surface area contributed by atoms with Gasteiger partial charge in [-0.1, -0.05) is 30.3 Å². The second kappa shape index (κ2) is 8.46. The SMILES string of the molecule is COC(=O)C(CCNC(=O)OC(C)(C)C)n1cnc(-c2ccccc2)n1. The third-order valence-electron chi connectivity index (χ3n) is 3.42. The van der Waals surface area contributed by atoms with Crippen molar-refractivity contribution in [3.8, 4) is 11.4 Å². The Morgan fingerprint density at radius 3 is 2.54 bits per heavy atom. The van der Waals surface area contributed by atoms with Gasteiger partial charge >= 0.3 is 12.1 Å². The lowest BCUT2D eigenvalue weighted by molar-refractivity contribution is -0.145. The highest BCUT2D eigenvalue weighted by molar-refractivity contribution is 5.74. The first-order chi connectivity index (χ1) is 12.3. The van der Waals surface area contributed by atoms with Crippen molar-refractivity contribution in [2.24, 2.45) is 0 Å². The van der Waals surface area contributed by atoms with Crippen molar-refractivity contribution in [1.29, 1.82) is 0 Å². The maximum atomic E-state index is 12.1. The molecule has 8 nitrogen and oxygen atoms in total. The topological polar surface area (TPSA) is 95.3 Å². The summed E-state index contributed by atoms with van der Waals surface area (Å²) in [6, 6.07) is 8.75. The van der Waals surface area contributed by atoms with Gasteiger partial charge < -0.3 is 14.8 Å². The molecule has 1 aromatic heterocycles. The second-order valence-electron chi connectivity index (χ2n) is 6.67. The smallest absolute Gasteiger partial charge is 0.407 e. The van der Waals surface area contributed by atoms with Gasteiger partial charge in [0.25, 0.3) is 0 Å². The fourth-order valence-electron chi connectivity index (χ4n) is 2.26. The molecule has 0 aliphatic heterocycles. The van der Waals surface area contributed by atoms with Crippen molar-refractivity contribution in [2.75, 3.05) is 13.7 Å². The fourth-order valence-corrected chi connectivity index (χ4v) is 2.26. The number of methoxy groups -OCH3 is 1. The predicted octanol–water partition coefficient (Wildman–Crippen LogP) is 2.57. The van der Waals surface area contributed by atoms with Crippen LogP contribution in [-0.2, 0) is 14.3 Å². The average molecular weight is 360 g/mol. The molecule has 1 aromatic carbocycles. The van der Waals surface area contributed by atoms with E-state index in [1.165, 1.54) is 18.1 Å². The lowest BCUT2D eigenvalue weighted by Crippen LogP contribution is -2.34. The van der Waals surface area contributed by atoms with Crippen LogP contribution in [0.2, 0.25) is 0 Å². The highest BCUT2D eigenvalue weighted by atomic mass is 16.6. The molecular formula is C18H24N4O4. The molecule has 0 aliphatic carbocycles. The molecule has 2 rings (SSSR count). The van der Waals surface area contributed by atoms with E-state index in [-0.39, 0.29) is 6.54 Å². The summed E-state index contributed by atoms with van der Waals surface area (Å²) in [5.74, 6) is 0.0557. The summed E-state index contributed by atoms with van der Waals surface area (Å²) >= 11 is 0. The maximum Gasteiger partial charge on any atom is 0.407 e. The van der Waals surface area contributed by atoms with Gasteiger partial charge in [-0.2, -0.15) is 5.10 Å². The van der Waals surface area contributed by atoms with E-state index in [2.05, 4.69) is 15.4 Å². The molecule has 0 spiro atoms. The van der Waals surface area contributed by atoms with Gasteiger partial charge in [-0.05, 0) is 27.2 Å². The minimum atomic E-state index is -0.695. The first-order valence-corrected chi connectivity index (χ1v) is 8.31. The zero-order chi connectivity index (χ0) is 19.2. The van der Waals surface area contributed by atoms with Crippen molar-refractivity contribution >= 4 is 12.1 Å². The van der Waals surface area contributed by atoms with Crippen LogP contribution in [0.25, 0.3) is 11.4 Å². The molecule has 0 bridgehead atoms. The molecule has 8 heteroatoms. The Labute approximate surface area is 152 Å². The van der Waals surface area contributed by atoms with Gasteiger partial charge in [0.05, 0.1) is 7.11 Å². The molecule has 1 N–H and O–H groups in total. The van der Waals surface area contributed by atoms with Gasteiger partial charge in [-0.15, -0.1) is 0 Å². The van der Waals surface area contributed by atoms with E-state index < -0.39 is 23.7 Å². The number of nitrogens with one attached hydrogen (secondary N) is 1. The summed E-state index contributed by atoms with van der Waals surface area (Å²) in [7, 11) is 1.31. The van der Waals surface area contributed by atoms with Crippen molar-refractivity contribution in [3.63, 3.8) is 0 Å². The van der Waals surface area contributed by atoms with Crippen LogP contribution in [0.5, 0.6) is 0 Å². The molecule has 0 radical (unpaired) electrons. The summed E-state index contributed by atoms with van der Waals surface area (Å²) < 4.78 is 11.5. The summed E-state index contributed by atoms with van der Waals surface area (Å²) in [6.45, 7) is 5.58. The Balaban J connectivity index is 2.03. The number of hydrogen-bond donors (Lipinski definition) is 1. The molecule has 0 saturated heterocycles. The molecule has 2 aromatic rings. The summed E-state index contributed by atoms with van der Waals surface area (Å²) in [4.78, 5) is 28.1. The standard InChI is InChI=1S/C18H24N4O4/c1-18(2,3)26-17(24)19-11-10-14(16(23)25-4)22-12-20-15(21-22)13-8-6-5-7-9-13/h5-9,12,14H,10-11H2,1-4H3,(H,19,24). The van der Waals surface area contributed by atoms with Crippen molar-refractivity contribution in [1.82, 2.24) is 20.1 Å². The number of carbonyl (C=O) groups excluding carboxylic acids is 2. The fraction of sp³-hybridized carbons (Fsp3) is 0.444. The zero-order valence-electron chi connectivity index (χ0n) is 15.4. The quantitative estimate of drug-likeness (QED) is 0.796. The Bertz CT molecular complexity index is 737. The van der Waals surface area contributed by atoms with Crippen LogP contribution >= 0.6 is 0 Å². The number of amides is 1. The van der Waals surface area contributed by atoms with Crippen LogP contribution in [0.15, 0.2) is 36.7 Å². The lowest BCUT2D eigenvalue weighted by atomic mass is 10.2. The second-order valence-corrected chi connectivity index (χ2v) is 6.67. The average Bonchev–Trinajstić information content (AvgIpc) is 3.07. The van der Waals surface area contributed by atoms with Crippen LogP contribution < -0.4 is 5.32 Å². The van der Waals surface area contributed by atoms with Crippen LogP contribution in [-0.4, -0.2) is 46.1 Å². The Morgan fingerprint density at radius 2 is 1.92 bits per heavy atom. The highest BCUT2D eigenvalue weighted by Crippen LogP contribution is 2.17. The minimum Gasteiger partial charge on any atom is -0.467 e. The third-order valence-corrected chi connectivity index (χ3v) is 3.42. The normalized spacial score (nSPS) is 12.3. The van der Waals surface area contributed by atoms with Gasteiger partial charge in [-0.3, -0.25) is 0 Å². The lowest BCUT2D eigenvalue weighted by Gasteiger charge is -2.20. The van der Waals surface area contributed by atoms with E-state index in [4.69, 9.17) is 9.47 Å². The Kier molecular flexibility index (Phi) is 6.32. The first kappa shape index (κ1) is 19.4. The molecule has 26 heavy (non-hydrogen) atoms. The van der Waals surface area contributed by atoms with Crippen LogP contribution in [0, 0.1) is 0 Å². The molecule has 1 heterocycles. The molecule has 1 amide bonds. The largest absolute Gasteiger partial charge is 0.467 e. The number of aromatic nitrogens is 3. The third kappa shape index (κ3) is 5.58. The van der Waals surface area contributed by atoms with Gasteiger partial charge in [0, 0.05) is 12.1 Å². The summed E-state index contributed by atoms with van der Waals surface area (Å²) in [5, 5.41) is 6.99. The van der Waals surface area contributed by atoms with E-state index in [1.807, 2.05) is 30.3 Å². The van der Waals surface area contributed by atoms with Crippen LogP contribution in [0.1, 0.15) is 33.2 Å². The van der Waals surface area contributed by atoms with E-state index in [9.17, 15) is 9.59 Å². The zero-order valence-corrected chi connectivity index (χ0v) is 15.4. The number of ether oxygens (including phenoxy) is 2. The maximum absolute atomic E-state index is 12.1. The minimum absolute atomic E-state index is 0.231. The van der Waals surface area contributed by atoms with Crippen molar-refractivity contribution < 1.29 is 19.1 Å². The Morgan fingerprint density at radius 1 is 1.23 bits per heavy atom. The number of benzene rings is 1. The van der Waals surface area contributed by atoms with E-state index in [1.54, 1.807) is 20.8 Å². The van der Waals surface area contributed by atoms with Crippen molar-refractivity contribution in [3.05, 3.63) is 36.7 Å². The van der Waals surface area contributed by atoms with E-state index in [0.717, 1.165) is 5.56 Å². The van der Waals surface area contributed by atoms with Gasteiger partial charge in [0.15, 0.2) is 11.9 Å². The molecule has 0 aliphatic rings. The van der Waals surface area contributed by atoms with Gasteiger partial charge in [0.1, 0.15) is 11.9 Å². The monoisotopic (exact) mass is 360 g/mol. The van der Waals surface area contributed by atoms with Crippen LogP contribution in [0.3, 0.4) is 0 Å². The number of nitrogens with zero attached hydrogens (tertiary/aromatic N) is 3. The molecule has 1 unspecified atom stereocenters. The van der Waals surface area contributed by atoms with Gasteiger partial charge in [-0.25, -0.2) is 19.3 Å². The molecule has 0 saturated carbocycles. The summed E-state index contributed by atoms with van der Waals surface area (Å²) in [5.41, 5.74) is 0.268. The predicted molar refractivity (Wildman–Crippen MR) is 95.4 cm³/mol. The Hall–Kier alpha value is -2.90. The number of alkyl carbamates (subject to hydrolysis) is 1. The molecule has 1 atom stereocenters. The van der Waals surface area contributed by atoms with E-state index >= 15 is 0 Å². The molecule has 0 fully saturated rings.